The SMILES string of the molecule is C[C@H](Oc1ccc(F)cc1Cl)C(=O)N[C@@H](C)Cn1ccnc1. The highest BCUT2D eigenvalue weighted by atomic mass is 35.5. The van der Waals surface area contributed by atoms with Crippen molar-refractivity contribution in [2.75, 3.05) is 0 Å². The molecule has 1 aromatic heterocycles. The molecule has 1 N–H and O–H groups in total. The number of imidazole rings is 1. The fourth-order valence-electron chi connectivity index (χ4n) is 1.93. The Morgan fingerprint density at radius 2 is 2.27 bits per heavy atom. The number of hydrogen-bond acceptors (Lipinski definition) is 3. The molecule has 1 aromatic carbocycles. The fraction of sp³-hybridized carbons (Fsp3) is 0.333. The highest BCUT2D eigenvalue weighted by Gasteiger charge is 2.18. The Labute approximate surface area is 133 Å². The standard InChI is InChI=1S/C15H17ClFN3O2/c1-10(8-20-6-5-18-9-20)19-15(21)11(2)22-14-4-3-12(17)7-13(14)16/h3-7,9-11H,8H2,1-2H3,(H,19,21)/t10-,11-/m0/s1. The van der Waals surface area contributed by atoms with Gasteiger partial charge in [0.05, 0.1) is 11.3 Å². The van der Waals surface area contributed by atoms with E-state index >= 15 is 0 Å². The number of carbonyl (C=O) groups is 1. The third-order valence-electron chi connectivity index (χ3n) is 3.00. The number of hydrogen-bond donors (Lipinski definition) is 1. The van der Waals surface area contributed by atoms with Gasteiger partial charge in [0.15, 0.2) is 6.10 Å². The fourth-order valence-corrected chi connectivity index (χ4v) is 2.14. The first-order chi connectivity index (χ1) is 10.5. The van der Waals surface area contributed by atoms with Crippen molar-refractivity contribution in [1.82, 2.24) is 14.9 Å². The average Bonchev–Trinajstić information content (AvgIpc) is 2.94. The first-order valence-electron chi connectivity index (χ1n) is 6.83. The van der Waals surface area contributed by atoms with Crippen molar-refractivity contribution in [3.05, 3.63) is 47.8 Å². The number of amides is 1. The van der Waals surface area contributed by atoms with Crippen LogP contribution in [0.4, 0.5) is 4.39 Å². The van der Waals surface area contributed by atoms with Gasteiger partial charge in [-0.25, -0.2) is 9.37 Å². The minimum absolute atomic E-state index is 0.0866. The lowest BCUT2D eigenvalue weighted by atomic mass is 10.3. The van der Waals surface area contributed by atoms with Crippen molar-refractivity contribution in [2.24, 2.45) is 0 Å². The van der Waals surface area contributed by atoms with Crippen LogP contribution >= 0.6 is 11.6 Å². The van der Waals surface area contributed by atoms with E-state index in [0.717, 1.165) is 6.07 Å². The number of aromatic nitrogens is 2. The minimum atomic E-state index is -0.742. The molecule has 2 atom stereocenters. The van der Waals surface area contributed by atoms with Gasteiger partial charge in [0.25, 0.3) is 5.91 Å². The Balaban J connectivity index is 1.88. The molecule has 5 nitrogen and oxygen atoms in total. The van der Waals surface area contributed by atoms with Crippen molar-refractivity contribution in [2.45, 2.75) is 32.5 Å². The lowest BCUT2D eigenvalue weighted by Crippen LogP contribution is -2.42. The summed E-state index contributed by atoms with van der Waals surface area (Å²) in [5.41, 5.74) is 0. The van der Waals surface area contributed by atoms with E-state index in [9.17, 15) is 9.18 Å². The summed E-state index contributed by atoms with van der Waals surface area (Å²) < 4.78 is 20.3. The summed E-state index contributed by atoms with van der Waals surface area (Å²) >= 11 is 5.87. The Hall–Kier alpha value is -2.08. The van der Waals surface area contributed by atoms with Gasteiger partial charge in [0.2, 0.25) is 0 Å². The third-order valence-corrected chi connectivity index (χ3v) is 3.29. The molecule has 0 saturated carbocycles. The normalized spacial score (nSPS) is 13.5. The van der Waals surface area contributed by atoms with Gasteiger partial charge in [-0.3, -0.25) is 4.79 Å². The number of halogens is 2. The van der Waals surface area contributed by atoms with Crippen LogP contribution in [0.1, 0.15) is 13.8 Å². The third kappa shape index (κ3) is 4.46. The highest BCUT2D eigenvalue weighted by molar-refractivity contribution is 6.32. The van der Waals surface area contributed by atoms with Crippen LogP contribution in [0.15, 0.2) is 36.9 Å². The van der Waals surface area contributed by atoms with E-state index in [1.54, 1.807) is 19.4 Å². The summed E-state index contributed by atoms with van der Waals surface area (Å²) in [6.45, 7) is 4.10. The number of nitrogens with one attached hydrogen (secondary N) is 1. The lowest BCUT2D eigenvalue weighted by molar-refractivity contribution is -0.127. The zero-order chi connectivity index (χ0) is 16.1. The van der Waals surface area contributed by atoms with Crippen molar-refractivity contribution in [3.8, 4) is 5.75 Å². The molecule has 2 aromatic rings. The predicted octanol–water partition coefficient (Wildman–Crippen LogP) is 2.65. The van der Waals surface area contributed by atoms with E-state index in [1.165, 1.54) is 12.1 Å². The van der Waals surface area contributed by atoms with Crippen LogP contribution in [0.5, 0.6) is 5.75 Å². The summed E-state index contributed by atoms with van der Waals surface area (Å²) in [6.07, 6.45) is 4.44. The molecule has 1 heterocycles. The second-order valence-corrected chi connectivity index (χ2v) is 5.41. The minimum Gasteiger partial charge on any atom is -0.479 e. The van der Waals surface area contributed by atoms with Gasteiger partial charge in [-0.2, -0.15) is 0 Å². The molecular formula is C15H17ClFN3O2. The van der Waals surface area contributed by atoms with Crippen LogP contribution in [-0.4, -0.2) is 27.6 Å². The van der Waals surface area contributed by atoms with Crippen molar-refractivity contribution in [3.63, 3.8) is 0 Å². The topological polar surface area (TPSA) is 56.1 Å². The average molecular weight is 326 g/mol. The monoisotopic (exact) mass is 325 g/mol. The molecule has 0 saturated heterocycles. The molecule has 0 aliphatic heterocycles. The highest BCUT2D eigenvalue weighted by Crippen LogP contribution is 2.25. The summed E-state index contributed by atoms with van der Waals surface area (Å²) in [5, 5.41) is 2.97. The Morgan fingerprint density at radius 1 is 1.50 bits per heavy atom. The van der Waals surface area contributed by atoms with Gasteiger partial charge in [0.1, 0.15) is 11.6 Å². The van der Waals surface area contributed by atoms with Crippen LogP contribution < -0.4 is 10.1 Å². The summed E-state index contributed by atoms with van der Waals surface area (Å²) in [5.74, 6) is -0.454. The molecule has 22 heavy (non-hydrogen) atoms. The molecule has 0 aliphatic rings. The number of benzene rings is 1. The molecule has 0 bridgehead atoms. The van der Waals surface area contributed by atoms with Crippen LogP contribution in [0.2, 0.25) is 5.02 Å². The zero-order valence-corrected chi connectivity index (χ0v) is 13.0. The van der Waals surface area contributed by atoms with E-state index in [1.807, 2.05) is 17.7 Å². The molecule has 0 unspecified atom stereocenters. The van der Waals surface area contributed by atoms with Gasteiger partial charge in [0, 0.05) is 25.0 Å². The quantitative estimate of drug-likeness (QED) is 0.888. The molecule has 0 spiro atoms. The summed E-state index contributed by atoms with van der Waals surface area (Å²) in [7, 11) is 0. The van der Waals surface area contributed by atoms with Crippen molar-refractivity contribution < 1.29 is 13.9 Å². The van der Waals surface area contributed by atoms with E-state index in [2.05, 4.69) is 10.3 Å². The van der Waals surface area contributed by atoms with Crippen LogP contribution in [0.3, 0.4) is 0 Å². The van der Waals surface area contributed by atoms with Crippen molar-refractivity contribution in [1.29, 1.82) is 0 Å². The molecule has 118 valence electrons. The van der Waals surface area contributed by atoms with Crippen LogP contribution in [0.25, 0.3) is 0 Å². The molecule has 2 rings (SSSR count). The molecule has 0 fully saturated rings. The second kappa shape index (κ2) is 7.26. The Kier molecular flexibility index (Phi) is 5.38. The van der Waals surface area contributed by atoms with E-state index in [-0.39, 0.29) is 22.7 Å². The zero-order valence-electron chi connectivity index (χ0n) is 12.3. The smallest absolute Gasteiger partial charge is 0.261 e. The van der Waals surface area contributed by atoms with Gasteiger partial charge >= 0.3 is 0 Å². The van der Waals surface area contributed by atoms with Crippen LogP contribution in [0, 0.1) is 5.82 Å². The predicted molar refractivity (Wildman–Crippen MR) is 81.3 cm³/mol. The number of rotatable bonds is 6. The Morgan fingerprint density at radius 3 is 2.91 bits per heavy atom. The maximum atomic E-state index is 13.0. The molecule has 7 heteroatoms. The van der Waals surface area contributed by atoms with Gasteiger partial charge in [-0.15, -0.1) is 0 Å². The molecule has 0 aliphatic carbocycles. The first kappa shape index (κ1) is 16.3. The molecule has 1 amide bonds. The number of carbonyl (C=O) groups excluding carboxylic acids is 1. The summed E-state index contributed by atoms with van der Waals surface area (Å²) in [4.78, 5) is 16.0. The van der Waals surface area contributed by atoms with Crippen molar-refractivity contribution >= 4 is 17.5 Å². The van der Waals surface area contributed by atoms with Gasteiger partial charge < -0.3 is 14.6 Å². The molecule has 0 radical (unpaired) electrons. The maximum Gasteiger partial charge on any atom is 0.261 e. The number of ether oxygens (including phenoxy) is 1. The second-order valence-electron chi connectivity index (χ2n) is 5.00. The Bertz CT molecular complexity index is 634. The van der Waals surface area contributed by atoms with Gasteiger partial charge in [-0.1, -0.05) is 11.6 Å². The number of nitrogens with zero attached hydrogens (tertiary/aromatic N) is 2. The maximum absolute atomic E-state index is 13.0. The van der Waals surface area contributed by atoms with Crippen LogP contribution in [-0.2, 0) is 11.3 Å². The summed E-state index contributed by atoms with van der Waals surface area (Å²) in [6, 6.07) is 3.68. The van der Waals surface area contributed by atoms with E-state index < -0.39 is 11.9 Å². The van der Waals surface area contributed by atoms with E-state index in [4.69, 9.17) is 16.3 Å². The largest absolute Gasteiger partial charge is 0.479 e. The lowest BCUT2D eigenvalue weighted by Gasteiger charge is -2.19. The molecular weight excluding hydrogens is 309 g/mol. The van der Waals surface area contributed by atoms with E-state index in [0.29, 0.717) is 6.54 Å². The first-order valence-corrected chi connectivity index (χ1v) is 7.21. The van der Waals surface area contributed by atoms with Gasteiger partial charge in [-0.05, 0) is 32.0 Å².